The Morgan fingerprint density at radius 1 is 1.24 bits per heavy atom. The van der Waals surface area contributed by atoms with Crippen LogP contribution in [0, 0.1) is 0 Å². The fourth-order valence-electron chi connectivity index (χ4n) is 3.21. The Bertz CT molecular complexity index is 1130. The van der Waals surface area contributed by atoms with E-state index in [0.29, 0.717) is 49.4 Å². The van der Waals surface area contributed by atoms with Gasteiger partial charge in [-0.15, -0.1) is 11.3 Å². The summed E-state index contributed by atoms with van der Waals surface area (Å²) < 4.78 is 12.9. The number of thiazole rings is 1. The molecule has 3 aromatic heterocycles. The number of hydrogen-bond acceptors (Lipinski definition) is 9. The van der Waals surface area contributed by atoms with Crippen molar-refractivity contribution in [3.63, 3.8) is 0 Å². The molecule has 4 rings (SSSR count). The van der Waals surface area contributed by atoms with Crippen LogP contribution in [0.1, 0.15) is 33.8 Å². The molecule has 0 saturated heterocycles. The molecule has 11 heteroatoms. The molecule has 4 bridgehead atoms. The third-order valence-electron chi connectivity index (χ3n) is 4.94. The van der Waals surface area contributed by atoms with Crippen LogP contribution in [0.4, 0.5) is 5.69 Å². The van der Waals surface area contributed by atoms with Crippen LogP contribution >= 0.6 is 11.3 Å². The molecule has 1 aliphatic rings. The third-order valence-corrected chi connectivity index (χ3v) is 5.83. The Labute approximate surface area is 195 Å². The highest BCUT2D eigenvalue weighted by atomic mass is 32.1. The van der Waals surface area contributed by atoms with Gasteiger partial charge in [0, 0.05) is 49.0 Å². The van der Waals surface area contributed by atoms with Crippen molar-refractivity contribution in [1.29, 1.82) is 0 Å². The van der Waals surface area contributed by atoms with Gasteiger partial charge in [0.2, 0.25) is 5.88 Å². The summed E-state index contributed by atoms with van der Waals surface area (Å²) in [5.74, 6) is -0.0786. The number of amides is 1. The maximum absolute atomic E-state index is 12.9. The predicted octanol–water partition coefficient (Wildman–Crippen LogP) is 2.59. The number of anilines is 1. The number of rotatable bonds is 3. The van der Waals surface area contributed by atoms with Crippen molar-refractivity contribution in [2.45, 2.75) is 19.4 Å². The van der Waals surface area contributed by atoms with E-state index >= 15 is 0 Å². The summed E-state index contributed by atoms with van der Waals surface area (Å²) in [6.07, 6.45) is 4.15. The zero-order chi connectivity index (χ0) is 23.2. The largest absolute Gasteiger partial charge is 0.475 e. The van der Waals surface area contributed by atoms with Crippen molar-refractivity contribution < 1.29 is 19.1 Å². The van der Waals surface area contributed by atoms with Gasteiger partial charge in [0.25, 0.3) is 5.91 Å². The second kappa shape index (κ2) is 10.6. The minimum absolute atomic E-state index is 0.145. The first kappa shape index (κ1) is 23.0. The van der Waals surface area contributed by atoms with Gasteiger partial charge in [0.05, 0.1) is 18.8 Å². The van der Waals surface area contributed by atoms with Crippen LogP contribution in [0.5, 0.6) is 5.88 Å². The summed E-state index contributed by atoms with van der Waals surface area (Å²) in [4.78, 5) is 36.5. The average Bonchev–Trinajstić information content (AvgIpc) is 3.44. The number of likely N-dealkylation sites (N-methyl/N-ethyl adjacent to an activating group) is 1. The lowest BCUT2D eigenvalue weighted by Gasteiger charge is -2.08. The summed E-state index contributed by atoms with van der Waals surface area (Å²) >= 11 is 1.35. The first-order chi connectivity index (χ1) is 16.0. The number of fused-ring (bicyclic) bond motifs is 6. The second-order valence-corrected chi connectivity index (χ2v) is 8.68. The van der Waals surface area contributed by atoms with E-state index in [1.165, 1.54) is 11.3 Å². The highest BCUT2D eigenvalue weighted by Gasteiger charge is 2.21. The molecule has 0 atom stereocenters. The van der Waals surface area contributed by atoms with Gasteiger partial charge < -0.3 is 19.7 Å². The molecule has 10 nitrogen and oxygen atoms in total. The van der Waals surface area contributed by atoms with Crippen molar-refractivity contribution in [2.24, 2.45) is 0 Å². The van der Waals surface area contributed by atoms with Crippen LogP contribution in [0.15, 0.2) is 29.9 Å². The minimum atomic E-state index is -0.395. The fourth-order valence-corrected chi connectivity index (χ4v) is 4.01. The summed E-state index contributed by atoms with van der Waals surface area (Å²) in [6.45, 7) is 2.50. The molecule has 0 fully saturated rings. The smallest absolute Gasteiger partial charge is 0.275 e. The molecule has 1 aliphatic heterocycles. The van der Waals surface area contributed by atoms with Crippen molar-refractivity contribution in [3.05, 3.63) is 41.3 Å². The van der Waals surface area contributed by atoms with Crippen molar-refractivity contribution in [1.82, 2.24) is 24.6 Å². The third kappa shape index (κ3) is 6.01. The van der Waals surface area contributed by atoms with E-state index in [1.54, 1.807) is 28.5 Å². The lowest BCUT2D eigenvalue weighted by molar-refractivity contribution is 0.0861. The summed E-state index contributed by atoms with van der Waals surface area (Å²) in [5, 5.41) is 9.62. The topological polar surface area (TPSA) is 111 Å². The fraction of sp³-hybridized carbons (Fsp3) is 0.409. The number of nitrogens with zero attached hydrogens (tertiary/aromatic N) is 5. The number of carbonyl (C=O) groups is 2. The number of Topliss-reactive ketones (excluding diaryl/α,β-unsaturated/α-hetero) is 1. The van der Waals surface area contributed by atoms with Crippen molar-refractivity contribution in [2.75, 3.05) is 45.8 Å². The van der Waals surface area contributed by atoms with Gasteiger partial charge in [0.15, 0.2) is 11.5 Å². The van der Waals surface area contributed by atoms with Gasteiger partial charge >= 0.3 is 0 Å². The standard InChI is InChI=1S/C22H26N6O4S/c1-27(2)7-8-28-13-16-20(26-28)18(29)4-3-9-31-10-11-32-19-12-15(5-6-23-19)22-25-17(14-33-22)21(30)24-16/h5-6,12-14H,3-4,7-11H2,1-2H3,(H,24,30). The molecule has 0 saturated carbocycles. The molecule has 0 unspecified atom stereocenters. The first-order valence-electron chi connectivity index (χ1n) is 10.7. The van der Waals surface area contributed by atoms with E-state index in [4.69, 9.17) is 9.47 Å². The zero-order valence-electron chi connectivity index (χ0n) is 18.6. The monoisotopic (exact) mass is 470 g/mol. The first-order valence-corrected chi connectivity index (χ1v) is 11.6. The summed E-state index contributed by atoms with van der Waals surface area (Å²) in [6, 6.07) is 3.60. The maximum atomic E-state index is 12.9. The van der Waals surface area contributed by atoms with Gasteiger partial charge in [0.1, 0.15) is 17.3 Å². The number of pyridine rings is 1. The van der Waals surface area contributed by atoms with E-state index in [2.05, 4.69) is 20.4 Å². The number of ketones is 1. The molecule has 0 aliphatic carbocycles. The molecular weight excluding hydrogens is 444 g/mol. The number of aromatic nitrogens is 4. The molecule has 33 heavy (non-hydrogen) atoms. The zero-order valence-corrected chi connectivity index (χ0v) is 19.4. The van der Waals surface area contributed by atoms with Crippen molar-refractivity contribution >= 4 is 28.7 Å². The molecule has 174 valence electrons. The van der Waals surface area contributed by atoms with E-state index in [9.17, 15) is 9.59 Å². The molecule has 1 amide bonds. The number of ether oxygens (including phenoxy) is 2. The molecule has 3 aromatic rings. The molecule has 1 N–H and O–H groups in total. The predicted molar refractivity (Wildman–Crippen MR) is 124 cm³/mol. The quantitative estimate of drug-likeness (QED) is 0.622. The SMILES string of the molecule is CN(C)CCn1cc2c(n1)C(=O)CCCOCCOc1cc(ccn1)-c1nc(cs1)C(=O)N2. The Balaban J connectivity index is 1.62. The maximum Gasteiger partial charge on any atom is 0.275 e. The molecule has 0 aromatic carbocycles. The Hall–Kier alpha value is -3.15. The Morgan fingerprint density at radius 3 is 2.97 bits per heavy atom. The normalized spacial score (nSPS) is 15.4. The number of nitrogens with one attached hydrogen (secondary N) is 1. The average molecular weight is 471 g/mol. The lowest BCUT2D eigenvalue weighted by Crippen LogP contribution is -2.19. The van der Waals surface area contributed by atoms with Gasteiger partial charge in [-0.25, -0.2) is 9.97 Å². The minimum Gasteiger partial charge on any atom is -0.475 e. The van der Waals surface area contributed by atoms with Crippen LogP contribution in [0.3, 0.4) is 0 Å². The van der Waals surface area contributed by atoms with Crippen LogP contribution < -0.4 is 10.1 Å². The van der Waals surface area contributed by atoms with Crippen molar-refractivity contribution in [3.8, 4) is 16.5 Å². The van der Waals surface area contributed by atoms with Crippen LogP contribution in [-0.4, -0.2) is 76.8 Å². The summed E-state index contributed by atoms with van der Waals surface area (Å²) in [7, 11) is 3.93. The van der Waals surface area contributed by atoms with E-state index in [-0.39, 0.29) is 23.6 Å². The molecule has 0 spiro atoms. The van der Waals surface area contributed by atoms with Gasteiger partial charge in [-0.05, 0) is 26.6 Å². The van der Waals surface area contributed by atoms with Crippen LogP contribution in [0.2, 0.25) is 0 Å². The van der Waals surface area contributed by atoms with E-state index in [0.717, 1.165) is 12.1 Å². The van der Waals surface area contributed by atoms with E-state index < -0.39 is 5.91 Å². The van der Waals surface area contributed by atoms with Gasteiger partial charge in [-0.1, -0.05) is 0 Å². The molecule has 4 heterocycles. The van der Waals surface area contributed by atoms with Gasteiger partial charge in [-0.3, -0.25) is 14.3 Å². The lowest BCUT2D eigenvalue weighted by atomic mass is 10.1. The highest BCUT2D eigenvalue weighted by molar-refractivity contribution is 7.13. The molecule has 0 radical (unpaired) electrons. The van der Waals surface area contributed by atoms with Crippen LogP contribution in [-0.2, 0) is 11.3 Å². The second-order valence-electron chi connectivity index (χ2n) is 7.82. The van der Waals surface area contributed by atoms with Crippen LogP contribution in [0.25, 0.3) is 10.6 Å². The van der Waals surface area contributed by atoms with Gasteiger partial charge in [-0.2, -0.15) is 5.10 Å². The molecular formula is C22H26N6O4S. The number of carbonyl (C=O) groups excluding carboxylic acids is 2. The number of hydrogen-bond donors (Lipinski definition) is 1. The Morgan fingerprint density at radius 2 is 2.12 bits per heavy atom. The Kier molecular flexibility index (Phi) is 7.43. The summed E-state index contributed by atoms with van der Waals surface area (Å²) in [5.41, 5.74) is 1.71. The highest BCUT2D eigenvalue weighted by Crippen LogP contribution is 2.26. The van der Waals surface area contributed by atoms with E-state index in [1.807, 2.05) is 25.1 Å².